The smallest absolute Gasteiger partial charge is 0.410 e. The predicted octanol–water partition coefficient (Wildman–Crippen LogP) is 3.13. The Hall–Kier alpha value is -3.70. The van der Waals surface area contributed by atoms with Crippen molar-refractivity contribution in [2.75, 3.05) is 26.7 Å². The van der Waals surface area contributed by atoms with Crippen molar-refractivity contribution in [1.29, 1.82) is 0 Å². The molecule has 3 aliphatic rings. The van der Waals surface area contributed by atoms with E-state index in [-0.39, 0.29) is 58.2 Å². The highest BCUT2D eigenvalue weighted by molar-refractivity contribution is 5.94. The van der Waals surface area contributed by atoms with Crippen LogP contribution in [0.1, 0.15) is 63.4 Å². The van der Waals surface area contributed by atoms with Gasteiger partial charge >= 0.3 is 6.09 Å². The Bertz CT molecular complexity index is 1270. The highest BCUT2D eigenvalue weighted by Crippen LogP contribution is 2.50. The van der Waals surface area contributed by atoms with Gasteiger partial charge in [0, 0.05) is 48.8 Å². The Balaban J connectivity index is 1.19. The first-order valence-corrected chi connectivity index (χ1v) is 13.3. The van der Waals surface area contributed by atoms with Crippen molar-refractivity contribution in [2.24, 2.45) is 5.92 Å². The Labute approximate surface area is 226 Å². The van der Waals surface area contributed by atoms with Gasteiger partial charge in [0.15, 0.2) is 5.82 Å². The molecule has 2 aromatic rings. The van der Waals surface area contributed by atoms with Crippen LogP contribution in [0.5, 0.6) is 5.88 Å². The van der Waals surface area contributed by atoms with E-state index >= 15 is 0 Å². The number of piperidine rings is 1. The number of nitrogens with zero attached hydrogens (tertiary/aromatic N) is 4. The Morgan fingerprint density at radius 2 is 1.95 bits per heavy atom. The predicted molar refractivity (Wildman–Crippen MR) is 138 cm³/mol. The highest BCUT2D eigenvalue weighted by Gasteiger charge is 2.54. The summed E-state index contributed by atoms with van der Waals surface area (Å²) < 4.78 is 24.9. The number of ether oxygens (including phenoxy) is 2. The van der Waals surface area contributed by atoms with E-state index in [4.69, 9.17) is 9.47 Å². The topological polar surface area (TPSA) is 130 Å². The number of aromatic nitrogens is 3. The Morgan fingerprint density at radius 3 is 2.64 bits per heavy atom. The lowest BCUT2D eigenvalue weighted by Crippen LogP contribution is -2.52. The zero-order chi connectivity index (χ0) is 27.9. The molecule has 1 spiro atoms. The van der Waals surface area contributed by atoms with Crippen molar-refractivity contribution >= 4 is 17.9 Å². The van der Waals surface area contributed by atoms with E-state index in [2.05, 4.69) is 20.5 Å². The molecule has 4 heterocycles. The van der Waals surface area contributed by atoms with E-state index in [0.29, 0.717) is 38.9 Å². The second-order valence-corrected chi connectivity index (χ2v) is 11.7. The lowest BCUT2D eigenvalue weighted by atomic mass is 9.87. The van der Waals surface area contributed by atoms with Crippen LogP contribution in [0.3, 0.4) is 0 Å². The molecule has 12 heteroatoms. The molecule has 3 amide bonds. The fraction of sp³-hybridized carbons (Fsp3) is 0.593. The number of nitrogens with one attached hydrogen (secondary N) is 2. The largest absolute Gasteiger partial charge is 0.481 e. The summed E-state index contributed by atoms with van der Waals surface area (Å²) in [5.74, 6) is -0.772. The van der Waals surface area contributed by atoms with Crippen LogP contribution in [-0.4, -0.2) is 86.8 Å². The molecule has 2 unspecified atom stereocenters. The van der Waals surface area contributed by atoms with Gasteiger partial charge in [0.1, 0.15) is 11.3 Å². The van der Waals surface area contributed by atoms with Crippen molar-refractivity contribution in [3.63, 3.8) is 0 Å². The molecule has 0 bridgehead atoms. The Morgan fingerprint density at radius 1 is 1.18 bits per heavy atom. The van der Waals surface area contributed by atoms with Gasteiger partial charge in [0.2, 0.25) is 11.8 Å². The van der Waals surface area contributed by atoms with Crippen molar-refractivity contribution in [2.45, 2.75) is 70.1 Å². The first-order valence-electron chi connectivity index (χ1n) is 13.3. The maximum Gasteiger partial charge on any atom is 0.410 e. The first-order chi connectivity index (χ1) is 18.5. The average Bonchev–Trinajstić information content (AvgIpc) is 3.28. The van der Waals surface area contributed by atoms with Crippen LogP contribution in [0.4, 0.5) is 9.18 Å². The minimum absolute atomic E-state index is 0.0321. The van der Waals surface area contributed by atoms with Crippen LogP contribution in [0.2, 0.25) is 0 Å². The van der Waals surface area contributed by atoms with Crippen LogP contribution in [0.15, 0.2) is 18.3 Å². The number of H-pyrrole nitrogens is 1. The van der Waals surface area contributed by atoms with Gasteiger partial charge in [0.25, 0.3) is 5.91 Å². The van der Waals surface area contributed by atoms with Crippen LogP contribution in [0.25, 0.3) is 11.3 Å². The molecule has 2 aromatic heterocycles. The van der Waals surface area contributed by atoms with Gasteiger partial charge in [-0.25, -0.2) is 14.2 Å². The van der Waals surface area contributed by atoms with Gasteiger partial charge < -0.3 is 24.6 Å². The number of methoxy groups -OCH3 is 1. The third-order valence-corrected chi connectivity index (χ3v) is 7.65. The van der Waals surface area contributed by atoms with Crippen molar-refractivity contribution < 1.29 is 28.2 Å². The summed E-state index contributed by atoms with van der Waals surface area (Å²) in [6.45, 7) is 6.89. The monoisotopic (exact) mass is 542 g/mol. The summed E-state index contributed by atoms with van der Waals surface area (Å²) in [4.78, 5) is 46.2. The standard InChI is InChI=1S/C27H35FN6O5/c1-26(2,3)39-25(37)33-9-6-17(15-33)30-23(35)16-5-10-34(27(13-16)7-8-27)24(36)21-12-20(31-32-21)18-11-22(38-4)29-14-19(18)28/h11-12,14,16-17H,5-10,13,15H2,1-4H3,(H,30,35)(H,31,32). The zero-order valence-electron chi connectivity index (χ0n) is 22.8. The molecule has 5 rings (SSSR count). The van der Waals surface area contributed by atoms with Crippen molar-refractivity contribution in [1.82, 2.24) is 30.3 Å². The minimum Gasteiger partial charge on any atom is -0.481 e. The molecule has 3 fully saturated rings. The minimum atomic E-state index is -0.567. The number of hydrogen-bond donors (Lipinski definition) is 2. The van der Waals surface area contributed by atoms with Crippen LogP contribution in [-0.2, 0) is 9.53 Å². The van der Waals surface area contributed by atoms with Gasteiger partial charge in [-0.15, -0.1) is 0 Å². The van der Waals surface area contributed by atoms with Crippen molar-refractivity contribution in [3.05, 3.63) is 29.8 Å². The molecule has 1 saturated carbocycles. The van der Waals surface area contributed by atoms with E-state index in [1.165, 1.54) is 19.2 Å². The molecule has 2 saturated heterocycles. The number of carbonyl (C=O) groups is 3. The quantitative estimate of drug-likeness (QED) is 0.594. The lowest BCUT2D eigenvalue weighted by Gasteiger charge is -2.39. The third-order valence-electron chi connectivity index (χ3n) is 7.65. The molecular weight excluding hydrogens is 507 g/mol. The third kappa shape index (κ3) is 5.69. The number of hydrogen-bond acceptors (Lipinski definition) is 7. The maximum absolute atomic E-state index is 14.3. The van der Waals surface area contributed by atoms with E-state index in [9.17, 15) is 18.8 Å². The number of rotatable bonds is 5. The summed E-state index contributed by atoms with van der Waals surface area (Å²) in [5, 5.41) is 10.0. The maximum atomic E-state index is 14.3. The summed E-state index contributed by atoms with van der Waals surface area (Å²) in [6.07, 6.45) is 4.16. The first kappa shape index (κ1) is 26.9. The molecule has 1 aliphatic carbocycles. The highest BCUT2D eigenvalue weighted by atomic mass is 19.1. The second kappa shape index (κ2) is 10.1. The van der Waals surface area contributed by atoms with E-state index in [1.54, 1.807) is 4.90 Å². The SMILES string of the molecule is COc1cc(-c2cc(C(=O)N3CCC(C(=O)NC4CCN(C(=O)OC(C)(C)C)C4)CC34CC4)[nH]n2)c(F)cn1. The fourth-order valence-electron chi connectivity index (χ4n) is 5.48. The normalized spacial score (nSPS) is 22.1. The van der Waals surface area contributed by atoms with Gasteiger partial charge in [0.05, 0.1) is 19.0 Å². The van der Waals surface area contributed by atoms with Crippen molar-refractivity contribution in [3.8, 4) is 17.1 Å². The molecule has 39 heavy (non-hydrogen) atoms. The molecule has 11 nitrogen and oxygen atoms in total. The summed E-state index contributed by atoms with van der Waals surface area (Å²) in [7, 11) is 1.44. The molecule has 2 N–H and O–H groups in total. The number of amides is 3. The van der Waals surface area contributed by atoms with Gasteiger partial charge in [-0.2, -0.15) is 5.10 Å². The number of pyridine rings is 1. The van der Waals surface area contributed by atoms with Crippen LogP contribution < -0.4 is 10.1 Å². The zero-order valence-corrected chi connectivity index (χ0v) is 22.8. The molecule has 0 aromatic carbocycles. The number of likely N-dealkylation sites (tertiary alicyclic amines) is 2. The van der Waals surface area contributed by atoms with E-state index in [1.807, 2.05) is 25.7 Å². The summed E-state index contributed by atoms with van der Waals surface area (Å²) in [6, 6.07) is 2.85. The second-order valence-electron chi connectivity index (χ2n) is 11.7. The number of aromatic amines is 1. The number of carbonyl (C=O) groups excluding carboxylic acids is 3. The van der Waals surface area contributed by atoms with E-state index in [0.717, 1.165) is 19.0 Å². The van der Waals surface area contributed by atoms with Crippen LogP contribution in [0, 0.1) is 11.7 Å². The molecule has 210 valence electrons. The van der Waals surface area contributed by atoms with Gasteiger partial charge in [-0.05, 0) is 58.9 Å². The van der Waals surface area contributed by atoms with Gasteiger partial charge in [-0.1, -0.05) is 0 Å². The Kier molecular flexibility index (Phi) is 6.98. The van der Waals surface area contributed by atoms with E-state index < -0.39 is 11.4 Å². The average molecular weight is 543 g/mol. The molecule has 2 aliphatic heterocycles. The fourth-order valence-corrected chi connectivity index (χ4v) is 5.48. The summed E-state index contributed by atoms with van der Waals surface area (Å²) in [5.41, 5.74) is -0.185. The lowest BCUT2D eigenvalue weighted by molar-refractivity contribution is -0.127. The van der Waals surface area contributed by atoms with Crippen LogP contribution >= 0.6 is 0 Å². The summed E-state index contributed by atoms with van der Waals surface area (Å²) >= 11 is 0. The molecular formula is C27H35FN6O5. The molecule has 0 radical (unpaired) electrons. The number of halogens is 1. The molecule has 2 atom stereocenters. The van der Waals surface area contributed by atoms with Gasteiger partial charge in [-0.3, -0.25) is 14.7 Å².